The van der Waals surface area contributed by atoms with E-state index in [0.717, 1.165) is 10.9 Å². The second-order valence-corrected chi connectivity index (χ2v) is 3.81. The maximum Gasteiger partial charge on any atom is 0.309 e. The van der Waals surface area contributed by atoms with Gasteiger partial charge in [-0.2, -0.15) is 0 Å². The lowest BCUT2D eigenvalue weighted by atomic mass is 10.2. The topological polar surface area (TPSA) is 44.1 Å². The van der Waals surface area contributed by atoms with Gasteiger partial charge in [-0.25, -0.2) is 0 Å². The van der Waals surface area contributed by atoms with Crippen molar-refractivity contribution in [2.24, 2.45) is 0 Å². The monoisotopic (exact) mass is 238 g/mol. The van der Waals surface area contributed by atoms with Gasteiger partial charge in [0.1, 0.15) is 0 Å². The van der Waals surface area contributed by atoms with Crippen LogP contribution in [-0.4, -0.2) is 15.7 Å². The number of hydrogen-bond acceptors (Lipinski definition) is 3. The van der Waals surface area contributed by atoms with Crippen molar-refractivity contribution in [2.45, 2.75) is 20.4 Å². The molecule has 0 saturated carbocycles. The molecule has 2 rings (SSSR count). The normalized spacial score (nSPS) is 10.7. The predicted octanol–water partition coefficient (Wildman–Crippen LogP) is 2.63. The fourth-order valence-corrected chi connectivity index (χ4v) is 1.75. The molecule has 0 N–H and O–H groups in total. The van der Waals surface area contributed by atoms with E-state index in [1.807, 2.05) is 13.0 Å². The maximum absolute atomic E-state index is 10.9. The van der Waals surface area contributed by atoms with E-state index in [0.29, 0.717) is 17.4 Å². The van der Waals surface area contributed by atoms with Crippen LogP contribution in [-0.2, 0) is 11.3 Å². The third-order valence-electron chi connectivity index (χ3n) is 2.22. The van der Waals surface area contributed by atoms with Gasteiger partial charge in [-0.1, -0.05) is 11.6 Å². The highest BCUT2D eigenvalue weighted by molar-refractivity contribution is 6.31. The number of aromatic nitrogens is 2. The lowest BCUT2D eigenvalue weighted by Crippen LogP contribution is -2.03. The van der Waals surface area contributed by atoms with Crippen molar-refractivity contribution in [2.75, 3.05) is 0 Å². The number of fused-ring (bicyclic) bond motifs is 1. The molecule has 0 amide bonds. The van der Waals surface area contributed by atoms with Gasteiger partial charge in [-0.05, 0) is 25.1 Å². The Balaban J connectivity index is 2.63. The molecule has 4 nitrogen and oxygen atoms in total. The highest BCUT2D eigenvalue weighted by atomic mass is 35.5. The third-order valence-corrected chi connectivity index (χ3v) is 2.45. The molecule has 0 atom stereocenters. The lowest BCUT2D eigenvalue weighted by molar-refractivity contribution is -0.132. The average molecular weight is 239 g/mol. The average Bonchev–Trinajstić information content (AvgIpc) is 2.55. The summed E-state index contributed by atoms with van der Waals surface area (Å²) in [5.41, 5.74) is 0.906. The molecule has 84 valence electrons. The second kappa shape index (κ2) is 4.14. The van der Waals surface area contributed by atoms with Crippen molar-refractivity contribution >= 4 is 28.5 Å². The molecule has 0 saturated heterocycles. The van der Waals surface area contributed by atoms with Crippen molar-refractivity contribution in [3.63, 3.8) is 0 Å². The zero-order valence-corrected chi connectivity index (χ0v) is 9.78. The Kier molecular flexibility index (Phi) is 2.83. The third kappa shape index (κ3) is 1.88. The van der Waals surface area contributed by atoms with Crippen LogP contribution in [0.4, 0.5) is 0 Å². The molecule has 0 bridgehead atoms. The molecular formula is C11H11ClN2O2. The van der Waals surface area contributed by atoms with Gasteiger partial charge in [-0.15, -0.1) is 5.10 Å². The number of nitrogens with zero attached hydrogens (tertiary/aromatic N) is 2. The molecule has 0 aliphatic carbocycles. The Labute approximate surface area is 97.8 Å². The minimum absolute atomic E-state index is 0.312. The summed E-state index contributed by atoms with van der Waals surface area (Å²) in [5.74, 6) is -0.0746. The van der Waals surface area contributed by atoms with E-state index in [1.165, 1.54) is 6.92 Å². The van der Waals surface area contributed by atoms with Crippen LogP contribution in [0.3, 0.4) is 0 Å². The van der Waals surface area contributed by atoms with E-state index in [4.69, 9.17) is 16.3 Å². The van der Waals surface area contributed by atoms with Crippen LogP contribution in [0.15, 0.2) is 18.2 Å². The Morgan fingerprint density at radius 1 is 1.56 bits per heavy atom. The number of hydrogen-bond donors (Lipinski definition) is 0. The fraction of sp³-hybridized carbons (Fsp3) is 0.273. The molecule has 0 unspecified atom stereocenters. The van der Waals surface area contributed by atoms with Crippen molar-refractivity contribution < 1.29 is 9.53 Å². The summed E-state index contributed by atoms with van der Waals surface area (Å²) >= 11 is 5.90. The van der Waals surface area contributed by atoms with Crippen LogP contribution in [0.5, 0.6) is 5.88 Å². The molecule has 1 aromatic heterocycles. The molecule has 2 aromatic rings. The molecule has 0 aliphatic heterocycles. The SMILES string of the molecule is CCn1nc(OC(C)=O)c2cc(Cl)ccc21. The summed E-state index contributed by atoms with van der Waals surface area (Å²) in [6, 6.07) is 5.39. The van der Waals surface area contributed by atoms with Gasteiger partial charge in [0.2, 0.25) is 5.88 Å². The first-order chi connectivity index (χ1) is 7.61. The zero-order valence-electron chi connectivity index (χ0n) is 9.03. The molecule has 1 aromatic carbocycles. The molecule has 0 radical (unpaired) electrons. The van der Waals surface area contributed by atoms with Gasteiger partial charge in [0.15, 0.2) is 0 Å². The first-order valence-corrected chi connectivity index (χ1v) is 5.34. The van der Waals surface area contributed by atoms with Gasteiger partial charge in [-0.3, -0.25) is 9.48 Å². The van der Waals surface area contributed by atoms with Crippen LogP contribution in [0, 0.1) is 0 Å². The van der Waals surface area contributed by atoms with E-state index < -0.39 is 0 Å². The Morgan fingerprint density at radius 2 is 2.31 bits per heavy atom. The highest BCUT2D eigenvalue weighted by Crippen LogP contribution is 2.27. The number of carbonyl (C=O) groups is 1. The smallest absolute Gasteiger partial charge is 0.309 e. The summed E-state index contributed by atoms with van der Waals surface area (Å²) in [7, 11) is 0. The van der Waals surface area contributed by atoms with Gasteiger partial charge >= 0.3 is 5.97 Å². The van der Waals surface area contributed by atoms with Crippen molar-refractivity contribution in [3.8, 4) is 5.88 Å². The molecule has 5 heteroatoms. The summed E-state index contributed by atoms with van der Waals surface area (Å²) in [6.45, 7) is 4.03. The summed E-state index contributed by atoms with van der Waals surface area (Å²) < 4.78 is 6.80. The minimum Gasteiger partial charge on any atom is -0.405 e. The number of esters is 1. The molecule has 0 aliphatic rings. The van der Waals surface area contributed by atoms with E-state index in [2.05, 4.69) is 5.10 Å². The number of rotatable bonds is 2. The second-order valence-electron chi connectivity index (χ2n) is 3.38. The molecular weight excluding hydrogens is 228 g/mol. The Bertz CT molecular complexity index is 548. The summed E-state index contributed by atoms with van der Waals surface area (Å²) in [5, 5.41) is 5.55. The van der Waals surface area contributed by atoms with E-state index >= 15 is 0 Å². The first-order valence-electron chi connectivity index (χ1n) is 4.96. The van der Waals surface area contributed by atoms with Gasteiger partial charge in [0.25, 0.3) is 0 Å². The summed E-state index contributed by atoms with van der Waals surface area (Å²) in [4.78, 5) is 10.9. The molecule has 1 heterocycles. The van der Waals surface area contributed by atoms with Crippen LogP contribution >= 0.6 is 11.6 Å². The molecule has 0 spiro atoms. The van der Waals surface area contributed by atoms with Gasteiger partial charge in [0, 0.05) is 18.5 Å². The zero-order chi connectivity index (χ0) is 11.7. The number of halogens is 1. The number of carbonyl (C=O) groups excluding carboxylic acids is 1. The molecule has 16 heavy (non-hydrogen) atoms. The van der Waals surface area contributed by atoms with Crippen LogP contribution in [0.25, 0.3) is 10.9 Å². The highest BCUT2D eigenvalue weighted by Gasteiger charge is 2.12. The van der Waals surface area contributed by atoms with E-state index in [9.17, 15) is 4.79 Å². The first kappa shape index (κ1) is 11.0. The van der Waals surface area contributed by atoms with E-state index in [-0.39, 0.29) is 5.97 Å². The molecule has 0 fully saturated rings. The maximum atomic E-state index is 10.9. The minimum atomic E-state index is -0.386. The van der Waals surface area contributed by atoms with Crippen LogP contribution in [0.1, 0.15) is 13.8 Å². The fourth-order valence-electron chi connectivity index (χ4n) is 1.57. The summed E-state index contributed by atoms with van der Waals surface area (Å²) in [6.07, 6.45) is 0. The van der Waals surface area contributed by atoms with Crippen molar-refractivity contribution in [1.82, 2.24) is 9.78 Å². The van der Waals surface area contributed by atoms with Crippen molar-refractivity contribution in [1.29, 1.82) is 0 Å². The van der Waals surface area contributed by atoms with Crippen LogP contribution < -0.4 is 4.74 Å². The number of benzene rings is 1. The number of ether oxygens (including phenoxy) is 1. The van der Waals surface area contributed by atoms with Gasteiger partial charge < -0.3 is 4.74 Å². The van der Waals surface area contributed by atoms with Gasteiger partial charge in [0.05, 0.1) is 10.9 Å². The van der Waals surface area contributed by atoms with Crippen LogP contribution in [0.2, 0.25) is 5.02 Å². The Morgan fingerprint density at radius 3 is 2.94 bits per heavy atom. The largest absolute Gasteiger partial charge is 0.405 e. The van der Waals surface area contributed by atoms with Crippen molar-refractivity contribution in [3.05, 3.63) is 23.2 Å². The predicted molar refractivity (Wildman–Crippen MR) is 61.7 cm³/mol. The quantitative estimate of drug-likeness (QED) is 0.756. The lowest BCUT2D eigenvalue weighted by Gasteiger charge is -1.96. The van der Waals surface area contributed by atoms with E-state index in [1.54, 1.807) is 16.8 Å². The standard InChI is InChI=1S/C11H11ClN2O2/c1-3-14-10-5-4-8(12)6-9(10)11(13-14)16-7(2)15/h4-6H,3H2,1-2H3. The Hall–Kier alpha value is -1.55. The number of aryl methyl sites for hydroxylation is 1.